The fraction of sp³-hybridized carbons (Fsp3) is 0.583. The highest BCUT2D eigenvalue weighted by Gasteiger charge is 2.16. The lowest BCUT2D eigenvalue weighted by Gasteiger charge is -2.19. The molecule has 1 unspecified atom stereocenters. The van der Waals surface area contributed by atoms with E-state index in [0.717, 1.165) is 0 Å². The minimum Gasteiger partial charge on any atom is -0.353 e. The first-order valence-electron chi connectivity index (χ1n) is 5.89. The van der Waals surface area contributed by atoms with Crippen molar-refractivity contribution in [3.8, 4) is 0 Å². The third kappa shape index (κ3) is 4.36. The van der Waals surface area contributed by atoms with E-state index < -0.39 is 0 Å². The fourth-order valence-corrected chi connectivity index (χ4v) is 2.47. The molecule has 0 spiro atoms. The highest BCUT2D eigenvalue weighted by molar-refractivity contribution is 7.10. The molecule has 0 saturated heterocycles. The Balaban J connectivity index is 2.88. The van der Waals surface area contributed by atoms with Crippen LogP contribution in [0.25, 0.3) is 0 Å². The second-order valence-corrected chi connectivity index (χ2v) is 5.60. The normalized spacial score (nSPS) is 14.2. The number of nitrogens with two attached hydrogens (primary N) is 1. The van der Waals surface area contributed by atoms with Crippen LogP contribution in [-0.4, -0.2) is 12.0 Å². The summed E-state index contributed by atoms with van der Waals surface area (Å²) in [5.74, 6) is 6.56. The molecule has 1 heterocycles. The first-order valence-corrected chi connectivity index (χ1v) is 6.77. The summed E-state index contributed by atoms with van der Waals surface area (Å²) in [6.45, 7) is 8.44. The van der Waals surface area contributed by atoms with Crippen LogP contribution in [0.3, 0.4) is 0 Å². The summed E-state index contributed by atoms with van der Waals surface area (Å²) in [6.07, 6.45) is 0. The molecule has 0 bridgehead atoms. The molecule has 1 rings (SSSR count). The molecule has 4 nitrogen and oxygen atoms in total. The van der Waals surface area contributed by atoms with Gasteiger partial charge in [-0.15, -0.1) is 11.3 Å². The molecular formula is C12H22N4S. The van der Waals surface area contributed by atoms with Crippen molar-refractivity contribution in [2.24, 2.45) is 16.8 Å². The van der Waals surface area contributed by atoms with E-state index in [9.17, 15) is 0 Å². The lowest BCUT2D eigenvalue weighted by molar-refractivity contribution is 0.517. The first-order chi connectivity index (χ1) is 8.04. The predicted octanol–water partition coefficient (Wildman–Crippen LogP) is 2.26. The van der Waals surface area contributed by atoms with Crippen molar-refractivity contribution < 1.29 is 0 Å². The summed E-state index contributed by atoms with van der Waals surface area (Å²) in [5, 5.41) is 5.27. The van der Waals surface area contributed by atoms with Crippen molar-refractivity contribution in [3.63, 3.8) is 0 Å². The summed E-state index contributed by atoms with van der Waals surface area (Å²) in [5.41, 5.74) is 2.62. The zero-order valence-corrected chi connectivity index (χ0v) is 11.7. The Hall–Kier alpha value is -1.07. The standard InChI is InChI=1S/C12H22N4S/c1-8(2)11(10-6-5-7-17-10)15-12(16-13)14-9(3)4/h5-9,11H,13H2,1-4H3,(H2,14,15,16). The molecule has 0 aromatic carbocycles. The van der Waals surface area contributed by atoms with Gasteiger partial charge in [0.2, 0.25) is 5.96 Å². The van der Waals surface area contributed by atoms with Crippen LogP contribution < -0.4 is 16.6 Å². The predicted molar refractivity (Wildman–Crippen MR) is 74.9 cm³/mol. The number of nitrogens with zero attached hydrogens (tertiary/aromatic N) is 1. The van der Waals surface area contributed by atoms with Gasteiger partial charge in [-0.25, -0.2) is 10.8 Å². The van der Waals surface area contributed by atoms with Gasteiger partial charge in [-0.1, -0.05) is 19.9 Å². The number of thiophene rings is 1. The maximum atomic E-state index is 5.48. The molecule has 0 fully saturated rings. The number of rotatable bonds is 4. The van der Waals surface area contributed by atoms with Crippen molar-refractivity contribution in [2.45, 2.75) is 39.8 Å². The number of guanidine groups is 1. The van der Waals surface area contributed by atoms with Crippen LogP contribution in [0.15, 0.2) is 22.5 Å². The molecule has 1 aromatic heterocycles. The molecule has 1 atom stereocenters. The molecule has 0 radical (unpaired) electrons. The summed E-state index contributed by atoms with van der Waals surface area (Å²) in [4.78, 5) is 5.92. The highest BCUT2D eigenvalue weighted by Crippen LogP contribution is 2.29. The zero-order valence-electron chi connectivity index (χ0n) is 10.9. The van der Waals surface area contributed by atoms with E-state index in [1.165, 1.54) is 4.88 Å². The Kier molecular flexibility index (Phi) is 5.44. The van der Waals surface area contributed by atoms with Crippen LogP contribution in [0.5, 0.6) is 0 Å². The van der Waals surface area contributed by atoms with Gasteiger partial charge in [0.25, 0.3) is 0 Å². The molecule has 0 aliphatic rings. The highest BCUT2D eigenvalue weighted by atomic mass is 32.1. The average molecular weight is 254 g/mol. The van der Waals surface area contributed by atoms with E-state index in [1.54, 1.807) is 11.3 Å². The Morgan fingerprint density at radius 3 is 2.47 bits per heavy atom. The van der Waals surface area contributed by atoms with E-state index in [0.29, 0.717) is 17.9 Å². The number of hydrogen-bond acceptors (Lipinski definition) is 3. The quantitative estimate of drug-likeness (QED) is 0.334. The second-order valence-electron chi connectivity index (χ2n) is 4.63. The molecule has 5 heteroatoms. The molecule has 96 valence electrons. The summed E-state index contributed by atoms with van der Waals surface area (Å²) in [6, 6.07) is 4.62. The van der Waals surface area contributed by atoms with Crippen LogP contribution >= 0.6 is 11.3 Å². The largest absolute Gasteiger partial charge is 0.353 e. The zero-order chi connectivity index (χ0) is 12.8. The third-order valence-electron chi connectivity index (χ3n) is 2.30. The van der Waals surface area contributed by atoms with Crippen LogP contribution in [-0.2, 0) is 0 Å². The van der Waals surface area contributed by atoms with Crippen LogP contribution in [0.1, 0.15) is 38.6 Å². The first kappa shape index (κ1) is 14.0. The Morgan fingerprint density at radius 1 is 1.35 bits per heavy atom. The van der Waals surface area contributed by atoms with Gasteiger partial charge >= 0.3 is 0 Å². The van der Waals surface area contributed by atoms with E-state index in [2.05, 4.69) is 60.9 Å². The SMILES string of the molecule is CC(C)NC(=NC(c1cccs1)C(C)C)NN. The van der Waals surface area contributed by atoms with E-state index >= 15 is 0 Å². The van der Waals surface area contributed by atoms with Crippen molar-refractivity contribution in [3.05, 3.63) is 22.4 Å². The van der Waals surface area contributed by atoms with Gasteiger partial charge in [-0.05, 0) is 31.2 Å². The minimum atomic E-state index is 0.146. The van der Waals surface area contributed by atoms with Crippen molar-refractivity contribution in [1.29, 1.82) is 0 Å². The Morgan fingerprint density at radius 2 is 2.06 bits per heavy atom. The molecule has 0 aliphatic heterocycles. The maximum absolute atomic E-state index is 5.48. The monoisotopic (exact) mass is 254 g/mol. The summed E-state index contributed by atoms with van der Waals surface area (Å²) in [7, 11) is 0. The molecule has 4 N–H and O–H groups in total. The van der Waals surface area contributed by atoms with Crippen LogP contribution in [0.2, 0.25) is 0 Å². The van der Waals surface area contributed by atoms with Crippen LogP contribution in [0, 0.1) is 5.92 Å². The molecular weight excluding hydrogens is 232 g/mol. The lowest BCUT2D eigenvalue weighted by Crippen LogP contribution is -2.45. The number of aliphatic imine (C=N–C) groups is 1. The average Bonchev–Trinajstić information content (AvgIpc) is 2.76. The van der Waals surface area contributed by atoms with Gasteiger partial charge in [0.05, 0.1) is 6.04 Å². The van der Waals surface area contributed by atoms with E-state index in [4.69, 9.17) is 5.84 Å². The number of hydrogen-bond donors (Lipinski definition) is 3. The van der Waals surface area contributed by atoms with E-state index in [1.807, 2.05) is 0 Å². The maximum Gasteiger partial charge on any atom is 0.206 e. The van der Waals surface area contributed by atoms with Gasteiger partial charge < -0.3 is 5.32 Å². The third-order valence-corrected chi connectivity index (χ3v) is 3.24. The Bertz CT molecular complexity index is 343. The van der Waals surface area contributed by atoms with Crippen molar-refractivity contribution >= 4 is 17.3 Å². The summed E-state index contributed by atoms with van der Waals surface area (Å²) >= 11 is 1.73. The second kappa shape index (κ2) is 6.61. The molecule has 0 aliphatic carbocycles. The Labute approximate surface area is 107 Å². The van der Waals surface area contributed by atoms with Gasteiger partial charge in [0, 0.05) is 10.9 Å². The van der Waals surface area contributed by atoms with Crippen molar-refractivity contribution in [1.82, 2.24) is 10.7 Å². The molecule has 0 amide bonds. The topological polar surface area (TPSA) is 62.4 Å². The minimum absolute atomic E-state index is 0.146. The smallest absolute Gasteiger partial charge is 0.206 e. The van der Waals surface area contributed by atoms with Gasteiger partial charge in [-0.3, -0.25) is 5.43 Å². The van der Waals surface area contributed by atoms with Crippen LogP contribution in [0.4, 0.5) is 0 Å². The van der Waals surface area contributed by atoms with Gasteiger partial charge in [0.1, 0.15) is 0 Å². The van der Waals surface area contributed by atoms with Crippen molar-refractivity contribution in [2.75, 3.05) is 0 Å². The van der Waals surface area contributed by atoms with Gasteiger partial charge in [-0.2, -0.15) is 0 Å². The lowest BCUT2D eigenvalue weighted by atomic mass is 10.0. The number of hydrazine groups is 1. The molecule has 1 aromatic rings. The molecule has 0 saturated carbocycles. The number of nitrogens with one attached hydrogen (secondary N) is 2. The molecule has 17 heavy (non-hydrogen) atoms. The van der Waals surface area contributed by atoms with E-state index in [-0.39, 0.29) is 6.04 Å². The van der Waals surface area contributed by atoms with Gasteiger partial charge in [0.15, 0.2) is 0 Å². The summed E-state index contributed by atoms with van der Waals surface area (Å²) < 4.78 is 0. The fourth-order valence-electron chi connectivity index (χ4n) is 1.53.